The fourth-order valence-corrected chi connectivity index (χ4v) is 4.98. The lowest BCUT2D eigenvalue weighted by molar-refractivity contribution is 0.554. The minimum absolute atomic E-state index is 0.175. The van der Waals surface area contributed by atoms with Crippen LogP contribution >= 0.6 is 0 Å². The smallest absolute Gasteiger partial charge is 0.244 e. The van der Waals surface area contributed by atoms with Gasteiger partial charge in [0, 0.05) is 19.8 Å². The maximum Gasteiger partial charge on any atom is 0.244 e. The molecular weight excluding hydrogens is 384 g/mol. The van der Waals surface area contributed by atoms with Gasteiger partial charge in [0.05, 0.1) is 12.2 Å². The SMILES string of the molecule is Cn1cc(S(=O)(=O)NC(Cc2ccccc2)c2ccc3c(c2)CNCCC3)cn1. The molecule has 0 saturated heterocycles. The third-order valence-electron chi connectivity index (χ3n) is 5.32. The van der Waals surface area contributed by atoms with E-state index in [1.807, 2.05) is 30.3 Å². The maximum atomic E-state index is 13.0. The summed E-state index contributed by atoms with van der Waals surface area (Å²) >= 11 is 0. The standard InChI is InChI=1S/C22H26N4O2S/c1-26-16-21(15-24-26)29(27,28)25-22(12-17-6-3-2-4-7-17)19-10-9-18-8-5-11-23-14-20(18)13-19/h2-4,6-7,9-10,13,15-16,22-23,25H,5,8,11-12,14H2,1H3. The predicted molar refractivity (Wildman–Crippen MR) is 113 cm³/mol. The number of rotatable bonds is 6. The quantitative estimate of drug-likeness (QED) is 0.655. The van der Waals surface area contributed by atoms with Gasteiger partial charge in [-0.1, -0.05) is 48.5 Å². The van der Waals surface area contributed by atoms with Crippen molar-refractivity contribution in [3.8, 4) is 0 Å². The third-order valence-corrected chi connectivity index (χ3v) is 6.75. The second kappa shape index (κ2) is 8.49. The molecule has 0 fully saturated rings. The molecule has 29 heavy (non-hydrogen) atoms. The van der Waals surface area contributed by atoms with Crippen LogP contribution < -0.4 is 10.0 Å². The summed E-state index contributed by atoms with van der Waals surface area (Å²) in [5.74, 6) is 0. The largest absolute Gasteiger partial charge is 0.313 e. The van der Waals surface area contributed by atoms with Crippen LogP contribution in [0.2, 0.25) is 0 Å². The average Bonchev–Trinajstić information content (AvgIpc) is 3.03. The van der Waals surface area contributed by atoms with Crippen LogP contribution in [0.5, 0.6) is 0 Å². The van der Waals surface area contributed by atoms with Crippen LogP contribution in [0.3, 0.4) is 0 Å². The first-order chi connectivity index (χ1) is 14.0. The van der Waals surface area contributed by atoms with Crippen molar-refractivity contribution in [2.75, 3.05) is 6.54 Å². The molecule has 0 spiro atoms. The fourth-order valence-electron chi connectivity index (χ4n) is 3.77. The van der Waals surface area contributed by atoms with Crippen molar-refractivity contribution in [3.05, 3.63) is 83.2 Å². The first-order valence-electron chi connectivity index (χ1n) is 9.88. The molecule has 0 aliphatic carbocycles. The average molecular weight is 411 g/mol. The zero-order valence-electron chi connectivity index (χ0n) is 16.5. The molecule has 1 atom stereocenters. The molecule has 0 radical (unpaired) electrons. The van der Waals surface area contributed by atoms with Gasteiger partial charge in [-0.2, -0.15) is 5.10 Å². The summed E-state index contributed by atoms with van der Waals surface area (Å²) in [7, 11) is -1.98. The van der Waals surface area contributed by atoms with Crippen molar-refractivity contribution >= 4 is 10.0 Å². The Morgan fingerprint density at radius 1 is 1.17 bits per heavy atom. The summed E-state index contributed by atoms with van der Waals surface area (Å²) in [6.45, 7) is 1.82. The summed E-state index contributed by atoms with van der Waals surface area (Å²) in [5.41, 5.74) is 4.65. The van der Waals surface area contributed by atoms with Crippen molar-refractivity contribution < 1.29 is 8.42 Å². The number of sulfonamides is 1. The molecule has 0 bridgehead atoms. The molecular formula is C22H26N4O2S. The summed E-state index contributed by atoms with van der Waals surface area (Å²) in [6, 6.07) is 16.0. The first-order valence-corrected chi connectivity index (χ1v) is 11.4. The molecule has 0 amide bonds. The third kappa shape index (κ3) is 4.75. The van der Waals surface area contributed by atoms with Crippen LogP contribution in [0.25, 0.3) is 0 Å². The van der Waals surface area contributed by atoms with Gasteiger partial charge < -0.3 is 5.32 Å². The number of aryl methyl sites for hydroxylation is 2. The second-order valence-electron chi connectivity index (χ2n) is 7.52. The summed E-state index contributed by atoms with van der Waals surface area (Å²) in [4.78, 5) is 0.175. The maximum absolute atomic E-state index is 13.0. The highest BCUT2D eigenvalue weighted by atomic mass is 32.2. The molecule has 2 N–H and O–H groups in total. The summed E-state index contributed by atoms with van der Waals surface area (Å²) < 4.78 is 30.4. The number of nitrogens with one attached hydrogen (secondary N) is 2. The Hall–Kier alpha value is -2.48. The van der Waals surface area contributed by atoms with E-state index in [0.717, 1.165) is 37.1 Å². The van der Waals surface area contributed by atoms with Crippen molar-refractivity contribution in [1.29, 1.82) is 0 Å². The molecule has 0 saturated carbocycles. The van der Waals surface area contributed by atoms with Gasteiger partial charge in [0.2, 0.25) is 10.0 Å². The molecule has 1 aromatic heterocycles. The number of benzene rings is 2. The van der Waals surface area contributed by atoms with Crippen LogP contribution in [0.1, 0.15) is 34.7 Å². The lowest BCUT2D eigenvalue weighted by atomic mass is 9.95. The highest BCUT2D eigenvalue weighted by Crippen LogP contribution is 2.25. The molecule has 152 valence electrons. The highest BCUT2D eigenvalue weighted by Gasteiger charge is 2.24. The summed E-state index contributed by atoms with van der Waals surface area (Å²) in [5, 5.41) is 7.45. The van der Waals surface area contributed by atoms with Crippen molar-refractivity contribution in [2.24, 2.45) is 7.05 Å². The van der Waals surface area contributed by atoms with E-state index in [9.17, 15) is 8.42 Å². The van der Waals surface area contributed by atoms with E-state index in [1.165, 1.54) is 28.2 Å². The van der Waals surface area contributed by atoms with E-state index in [2.05, 4.69) is 33.3 Å². The molecule has 2 aromatic carbocycles. The number of hydrogen-bond donors (Lipinski definition) is 2. The van der Waals surface area contributed by atoms with Crippen molar-refractivity contribution in [3.63, 3.8) is 0 Å². The molecule has 6 nitrogen and oxygen atoms in total. The van der Waals surface area contributed by atoms with E-state index in [1.54, 1.807) is 7.05 Å². The molecule has 2 heterocycles. The number of nitrogens with zero attached hydrogens (tertiary/aromatic N) is 2. The zero-order valence-corrected chi connectivity index (χ0v) is 17.3. The Bertz CT molecular complexity index is 1080. The van der Waals surface area contributed by atoms with Gasteiger partial charge in [0.25, 0.3) is 0 Å². The summed E-state index contributed by atoms with van der Waals surface area (Å²) in [6.07, 6.45) is 5.64. The van der Waals surface area contributed by atoms with Gasteiger partial charge in [-0.15, -0.1) is 0 Å². The monoisotopic (exact) mass is 410 g/mol. The number of hydrogen-bond acceptors (Lipinski definition) is 4. The van der Waals surface area contributed by atoms with Crippen molar-refractivity contribution in [1.82, 2.24) is 19.8 Å². The van der Waals surface area contributed by atoms with Crippen molar-refractivity contribution in [2.45, 2.75) is 36.7 Å². The first kappa shape index (κ1) is 19.8. The van der Waals surface area contributed by atoms with Gasteiger partial charge >= 0.3 is 0 Å². The van der Waals surface area contributed by atoms with E-state index in [4.69, 9.17) is 0 Å². The molecule has 4 rings (SSSR count). The highest BCUT2D eigenvalue weighted by molar-refractivity contribution is 7.89. The Morgan fingerprint density at radius 3 is 2.76 bits per heavy atom. The van der Waals surface area contributed by atoms with Crippen LogP contribution in [-0.2, 0) is 36.5 Å². The van der Waals surface area contributed by atoms with Crippen LogP contribution in [0.4, 0.5) is 0 Å². The fraction of sp³-hybridized carbons (Fsp3) is 0.318. The Labute approximate surface area is 172 Å². The number of fused-ring (bicyclic) bond motifs is 1. The minimum atomic E-state index is -3.68. The lowest BCUT2D eigenvalue weighted by Gasteiger charge is -2.21. The van der Waals surface area contributed by atoms with E-state index >= 15 is 0 Å². The second-order valence-corrected chi connectivity index (χ2v) is 9.24. The molecule has 1 aliphatic rings. The Balaban J connectivity index is 1.68. The van der Waals surface area contributed by atoms with E-state index < -0.39 is 10.0 Å². The van der Waals surface area contributed by atoms with Gasteiger partial charge in [-0.3, -0.25) is 4.68 Å². The number of aromatic nitrogens is 2. The molecule has 1 unspecified atom stereocenters. The Kier molecular flexibility index (Phi) is 5.80. The van der Waals surface area contributed by atoms with Crippen LogP contribution in [-0.4, -0.2) is 24.7 Å². The van der Waals surface area contributed by atoms with Crippen LogP contribution in [0.15, 0.2) is 65.8 Å². The topological polar surface area (TPSA) is 76.0 Å². The van der Waals surface area contributed by atoms with E-state index in [0.29, 0.717) is 6.42 Å². The lowest BCUT2D eigenvalue weighted by Crippen LogP contribution is -2.30. The van der Waals surface area contributed by atoms with Gasteiger partial charge in [0.15, 0.2) is 0 Å². The molecule has 7 heteroatoms. The Morgan fingerprint density at radius 2 is 2.00 bits per heavy atom. The molecule has 1 aliphatic heterocycles. The normalized spacial score (nSPS) is 15.5. The van der Waals surface area contributed by atoms with E-state index in [-0.39, 0.29) is 10.9 Å². The van der Waals surface area contributed by atoms with Gasteiger partial charge in [0.1, 0.15) is 4.90 Å². The predicted octanol–water partition coefficient (Wildman–Crippen LogP) is 2.72. The van der Waals surface area contributed by atoms with Gasteiger partial charge in [-0.05, 0) is 48.1 Å². The molecule has 3 aromatic rings. The minimum Gasteiger partial charge on any atom is -0.313 e. The van der Waals surface area contributed by atoms with Gasteiger partial charge in [-0.25, -0.2) is 13.1 Å². The van der Waals surface area contributed by atoms with Crippen LogP contribution in [0, 0.1) is 0 Å². The zero-order chi connectivity index (χ0) is 20.3.